The van der Waals surface area contributed by atoms with Gasteiger partial charge in [0.05, 0.1) is 30.8 Å². The second-order valence-electron chi connectivity index (χ2n) is 7.40. The Labute approximate surface area is 195 Å². The summed E-state index contributed by atoms with van der Waals surface area (Å²) in [6, 6.07) is 12.3. The quantitative estimate of drug-likeness (QED) is 0.461. The van der Waals surface area contributed by atoms with Gasteiger partial charge in [0.1, 0.15) is 0 Å². The van der Waals surface area contributed by atoms with Crippen LogP contribution in [-0.2, 0) is 28.6 Å². The fourth-order valence-corrected chi connectivity index (χ4v) is 3.37. The maximum Gasteiger partial charge on any atom is 0.338 e. The van der Waals surface area contributed by atoms with Gasteiger partial charge in [0.25, 0.3) is 5.91 Å². The van der Waals surface area contributed by atoms with Crippen LogP contribution in [0.4, 0.5) is 11.4 Å². The molecule has 0 aromatic heterocycles. The van der Waals surface area contributed by atoms with E-state index in [1.165, 1.54) is 48.4 Å². The van der Waals surface area contributed by atoms with Gasteiger partial charge in [0, 0.05) is 24.3 Å². The number of rotatable bonds is 8. The van der Waals surface area contributed by atoms with Crippen LogP contribution in [0.15, 0.2) is 48.5 Å². The number of ether oxygens (including phenoxy) is 3. The third-order valence-corrected chi connectivity index (χ3v) is 5.08. The SMILES string of the molecule is CCOC(=O)c1ccc(NC(=O)COC(=O)[C@H]2CC(=O)N(c3ccc(C(=O)OC)cc3)C2)cc1. The van der Waals surface area contributed by atoms with Crippen LogP contribution in [0.2, 0.25) is 0 Å². The summed E-state index contributed by atoms with van der Waals surface area (Å²) in [7, 11) is 1.28. The van der Waals surface area contributed by atoms with E-state index in [1.54, 1.807) is 19.1 Å². The highest BCUT2D eigenvalue weighted by Crippen LogP contribution is 2.26. The predicted molar refractivity (Wildman–Crippen MR) is 120 cm³/mol. The Bertz CT molecular complexity index is 1080. The first-order valence-electron chi connectivity index (χ1n) is 10.5. The summed E-state index contributed by atoms with van der Waals surface area (Å²) in [4.78, 5) is 61.5. The first-order chi connectivity index (χ1) is 16.3. The van der Waals surface area contributed by atoms with Crippen LogP contribution < -0.4 is 10.2 Å². The monoisotopic (exact) mass is 468 g/mol. The van der Waals surface area contributed by atoms with E-state index in [-0.39, 0.29) is 25.5 Å². The van der Waals surface area contributed by atoms with Crippen molar-refractivity contribution >= 4 is 41.1 Å². The number of amides is 2. The lowest BCUT2D eigenvalue weighted by Gasteiger charge is -2.16. The third-order valence-electron chi connectivity index (χ3n) is 5.08. The fraction of sp³-hybridized carbons (Fsp3) is 0.292. The van der Waals surface area contributed by atoms with Gasteiger partial charge in [-0.25, -0.2) is 9.59 Å². The lowest BCUT2D eigenvalue weighted by molar-refractivity contribution is -0.151. The fourth-order valence-electron chi connectivity index (χ4n) is 3.37. The Morgan fingerprint density at radius 2 is 1.56 bits per heavy atom. The average molecular weight is 468 g/mol. The van der Waals surface area contributed by atoms with Gasteiger partial charge in [-0.05, 0) is 55.5 Å². The van der Waals surface area contributed by atoms with Crippen molar-refractivity contribution in [2.45, 2.75) is 13.3 Å². The Morgan fingerprint density at radius 1 is 0.941 bits per heavy atom. The van der Waals surface area contributed by atoms with Crippen molar-refractivity contribution in [3.63, 3.8) is 0 Å². The Kier molecular flexibility index (Phi) is 7.96. The number of anilines is 2. The first kappa shape index (κ1) is 24.4. The van der Waals surface area contributed by atoms with E-state index < -0.39 is 36.3 Å². The molecule has 10 nitrogen and oxygen atoms in total. The molecule has 1 fully saturated rings. The third kappa shape index (κ3) is 5.97. The summed E-state index contributed by atoms with van der Waals surface area (Å²) in [6.07, 6.45) is -0.0471. The molecule has 0 saturated carbocycles. The van der Waals surface area contributed by atoms with Gasteiger partial charge >= 0.3 is 17.9 Å². The van der Waals surface area contributed by atoms with E-state index >= 15 is 0 Å². The summed E-state index contributed by atoms with van der Waals surface area (Å²) in [6.45, 7) is 1.55. The highest BCUT2D eigenvalue weighted by Gasteiger charge is 2.36. The van der Waals surface area contributed by atoms with Gasteiger partial charge in [0.2, 0.25) is 5.91 Å². The molecule has 0 spiro atoms. The number of hydrogen-bond donors (Lipinski definition) is 1. The molecule has 10 heteroatoms. The van der Waals surface area contributed by atoms with Crippen molar-refractivity contribution in [2.24, 2.45) is 5.92 Å². The van der Waals surface area contributed by atoms with Gasteiger partial charge in [-0.3, -0.25) is 14.4 Å². The van der Waals surface area contributed by atoms with Gasteiger partial charge in [-0.15, -0.1) is 0 Å². The number of hydrogen-bond acceptors (Lipinski definition) is 8. The molecule has 2 aromatic rings. The molecular formula is C24H24N2O8. The van der Waals surface area contributed by atoms with Crippen LogP contribution >= 0.6 is 0 Å². The number of benzene rings is 2. The van der Waals surface area contributed by atoms with E-state index in [0.29, 0.717) is 22.5 Å². The molecule has 34 heavy (non-hydrogen) atoms. The minimum Gasteiger partial charge on any atom is -0.465 e. The number of esters is 3. The van der Waals surface area contributed by atoms with Crippen LogP contribution in [0.5, 0.6) is 0 Å². The van der Waals surface area contributed by atoms with Gasteiger partial charge in [-0.2, -0.15) is 0 Å². The first-order valence-corrected chi connectivity index (χ1v) is 10.5. The topological polar surface area (TPSA) is 128 Å². The Hall–Kier alpha value is -4.21. The molecule has 2 aromatic carbocycles. The number of nitrogens with one attached hydrogen (secondary N) is 1. The molecule has 1 aliphatic rings. The van der Waals surface area contributed by atoms with Crippen molar-refractivity contribution in [1.82, 2.24) is 0 Å². The normalized spacial score (nSPS) is 14.9. The molecule has 1 N–H and O–H groups in total. The number of carbonyl (C=O) groups is 5. The standard InChI is InChI=1S/C24H24N2O8/c1-3-33-23(30)16-4-8-18(9-5-16)25-20(27)14-34-24(31)17-12-21(28)26(13-17)19-10-6-15(7-11-19)22(29)32-2/h4-11,17H,3,12-14H2,1-2H3,(H,25,27)/t17-/m0/s1. The van der Waals surface area contributed by atoms with Crippen molar-refractivity contribution in [1.29, 1.82) is 0 Å². The molecule has 0 radical (unpaired) electrons. The van der Waals surface area contributed by atoms with Gasteiger partial charge in [0.15, 0.2) is 6.61 Å². The summed E-state index contributed by atoms with van der Waals surface area (Å²) in [5.74, 6) is -3.15. The van der Waals surface area contributed by atoms with Crippen LogP contribution in [0.3, 0.4) is 0 Å². The molecular weight excluding hydrogens is 444 g/mol. The summed E-state index contributed by atoms with van der Waals surface area (Å²) >= 11 is 0. The van der Waals surface area contributed by atoms with Gasteiger partial charge < -0.3 is 24.4 Å². The summed E-state index contributed by atoms with van der Waals surface area (Å²) in [5, 5.41) is 2.57. The molecule has 1 atom stereocenters. The minimum atomic E-state index is -0.718. The van der Waals surface area contributed by atoms with E-state index in [9.17, 15) is 24.0 Å². The lowest BCUT2D eigenvalue weighted by Crippen LogP contribution is -2.28. The zero-order valence-electron chi connectivity index (χ0n) is 18.7. The summed E-state index contributed by atoms with van der Waals surface area (Å²) in [5.41, 5.74) is 1.65. The Balaban J connectivity index is 1.49. The summed E-state index contributed by atoms with van der Waals surface area (Å²) < 4.78 is 14.6. The maximum absolute atomic E-state index is 12.4. The van der Waals surface area contributed by atoms with E-state index in [1.807, 2.05) is 0 Å². The molecule has 0 bridgehead atoms. The number of nitrogens with zero attached hydrogens (tertiary/aromatic N) is 1. The van der Waals surface area contributed by atoms with Crippen LogP contribution in [0.1, 0.15) is 34.1 Å². The lowest BCUT2D eigenvalue weighted by atomic mass is 10.1. The average Bonchev–Trinajstić information content (AvgIpc) is 3.24. The van der Waals surface area contributed by atoms with Crippen molar-refractivity contribution in [3.05, 3.63) is 59.7 Å². The highest BCUT2D eigenvalue weighted by molar-refractivity contribution is 6.00. The van der Waals surface area contributed by atoms with E-state index in [0.717, 1.165) is 0 Å². The molecule has 1 aliphatic heterocycles. The number of methoxy groups -OCH3 is 1. The molecule has 2 amide bonds. The van der Waals surface area contributed by atoms with E-state index in [4.69, 9.17) is 9.47 Å². The second kappa shape index (κ2) is 11.1. The second-order valence-corrected chi connectivity index (χ2v) is 7.40. The highest BCUT2D eigenvalue weighted by atomic mass is 16.5. The molecule has 3 rings (SSSR count). The zero-order valence-corrected chi connectivity index (χ0v) is 18.7. The molecule has 1 saturated heterocycles. The molecule has 178 valence electrons. The van der Waals surface area contributed by atoms with Gasteiger partial charge in [-0.1, -0.05) is 0 Å². The minimum absolute atomic E-state index is 0.0471. The Morgan fingerprint density at radius 3 is 2.18 bits per heavy atom. The molecule has 1 heterocycles. The van der Waals surface area contributed by atoms with Crippen molar-refractivity contribution in [3.8, 4) is 0 Å². The van der Waals surface area contributed by atoms with Crippen LogP contribution in [0, 0.1) is 5.92 Å². The smallest absolute Gasteiger partial charge is 0.338 e. The molecule has 0 aliphatic carbocycles. The van der Waals surface area contributed by atoms with Crippen molar-refractivity contribution in [2.75, 3.05) is 37.1 Å². The maximum atomic E-state index is 12.4. The number of carbonyl (C=O) groups excluding carboxylic acids is 5. The van der Waals surface area contributed by atoms with Crippen molar-refractivity contribution < 1.29 is 38.2 Å². The zero-order chi connectivity index (χ0) is 24.7. The predicted octanol–water partition coefficient (Wildman–Crippen LogP) is 2.18. The van der Waals surface area contributed by atoms with Crippen LogP contribution in [0.25, 0.3) is 0 Å². The van der Waals surface area contributed by atoms with E-state index in [2.05, 4.69) is 10.1 Å². The molecule has 0 unspecified atom stereocenters. The van der Waals surface area contributed by atoms with Crippen LogP contribution in [-0.4, -0.2) is 56.6 Å². The largest absolute Gasteiger partial charge is 0.465 e.